The van der Waals surface area contributed by atoms with Crippen LogP contribution >= 0.6 is 0 Å². The Morgan fingerprint density at radius 3 is 2.59 bits per heavy atom. The van der Waals surface area contributed by atoms with E-state index in [9.17, 15) is 4.79 Å². The maximum atomic E-state index is 13.0. The van der Waals surface area contributed by atoms with Crippen LogP contribution in [0.5, 0.6) is 5.75 Å². The summed E-state index contributed by atoms with van der Waals surface area (Å²) in [6, 6.07) is 3.79. The Balaban J connectivity index is 1.62. The van der Waals surface area contributed by atoms with Crippen LogP contribution in [0, 0.1) is 12.8 Å². The van der Waals surface area contributed by atoms with Crippen LogP contribution in [0.25, 0.3) is 5.52 Å². The molecule has 0 aromatic carbocycles. The van der Waals surface area contributed by atoms with E-state index >= 15 is 0 Å². The minimum Gasteiger partial charge on any atom is -0.497 e. The molecule has 7 N–H and O–H groups in total. The molecule has 27 heavy (non-hydrogen) atoms. The number of nitrogens with zero attached hydrogens (tertiary/aromatic N) is 3. The lowest BCUT2D eigenvalue weighted by Gasteiger charge is -2.27. The third-order valence-corrected chi connectivity index (χ3v) is 6.03. The van der Waals surface area contributed by atoms with Crippen LogP contribution in [0.15, 0.2) is 18.3 Å². The molecular formula is C18H27N7O2. The van der Waals surface area contributed by atoms with E-state index in [1.54, 1.807) is 12.1 Å². The molecule has 0 spiro atoms. The van der Waals surface area contributed by atoms with E-state index in [0.717, 1.165) is 22.8 Å². The topological polar surface area (TPSA) is 137 Å². The first-order valence-corrected chi connectivity index (χ1v) is 8.96. The number of rotatable bonds is 4. The molecule has 3 heterocycles. The normalized spacial score (nSPS) is 30.4. The summed E-state index contributed by atoms with van der Waals surface area (Å²) in [7, 11) is 1.63. The van der Waals surface area contributed by atoms with Gasteiger partial charge in [-0.05, 0) is 26.8 Å². The van der Waals surface area contributed by atoms with Crippen molar-refractivity contribution in [3.63, 3.8) is 0 Å². The van der Waals surface area contributed by atoms with Crippen LogP contribution in [0.4, 0.5) is 0 Å². The van der Waals surface area contributed by atoms with Crippen LogP contribution in [-0.4, -0.2) is 51.6 Å². The third kappa shape index (κ3) is 2.39. The number of amides is 1. The molecule has 1 aliphatic heterocycles. The van der Waals surface area contributed by atoms with Gasteiger partial charge in [-0.1, -0.05) is 0 Å². The number of piperidine rings is 1. The molecular weight excluding hydrogens is 346 g/mol. The number of imidazole rings is 1. The van der Waals surface area contributed by atoms with Crippen molar-refractivity contribution in [1.82, 2.24) is 19.7 Å². The standard InChI is InChI=1S/C18H27N7O2/c1-10-12-7-11(27-4)5-6-25(12)15(22-10)16(2,3)23-14(26)13-17(19)8-24(21)9-18(13,17)20/h5-7,13H,8-9,19-21H2,1-4H3,(H,23,26)/t13?,17-,18+. The Bertz CT molecular complexity index is 921. The Hall–Kier alpha value is -2.20. The van der Waals surface area contributed by atoms with Gasteiger partial charge in [-0.25, -0.2) is 9.99 Å². The predicted octanol–water partition coefficient (Wildman–Crippen LogP) is -0.783. The summed E-state index contributed by atoms with van der Waals surface area (Å²) >= 11 is 0. The second kappa shape index (κ2) is 5.41. The summed E-state index contributed by atoms with van der Waals surface area (Å²) in [6.45, 7) is 6.59. The maximum absolute atomic E-state index is 13.0. The van der Waals surface area contributed by atoms with Gasteiger partial charge < -0.3 is 25.9 Å². The molecule has 2 aromatic heterocycles. The zero-order valence-electron chi connectivity index (χ0n) is 16.1. The van der Waals surface area contributed by atoms with Crippen molar-refractivity contribution in [2.45, 2.75) is 37.4 Å². The van der Waals surface area contributed by atoms with Crippen molar-refractivity contribution in [3.8, 4) is 5.75 Å². The van der Waals surface area contributed by atoms with Gasteiger partial charge in [0.05, 0.1) is 40.9 Å². The number of pyridine rings is 1. The molecule has 0 bridgehead atoms. The molecule has 9 nitrogen and oxygen atoms in total. The van der Waals surface area contributed by atoms with E-state index in [4.69, 9.17) is 27.0 Å². The molecule has 1 aliphatic carbocycles. The van der Waals surface area contributed by atoms with E-state index in [-0.39, 0.29) is 5.91 Å². The molecule has 9 heteroatoms. The number of aryl methyl sites for hydroxylation is 1. The summed E-state index contributed by atoms with van der Waals surface area (Å²) < 4.78 is 7.26. The molecule has 146 valence electrons. The van der Waals surface area contributed by atoms with Gasteiger partial charge >= 0.3 is 0 Å². The molecule has 2 fully saturated rings. The van der Waals surface area contributed by atoms with Gasteiger partial charge in [-0.2, -0.15) is 0 Å². The average Bonchev–Trinajstić information content (AvgIpc) is 2.80. The number of nitrogens with two attached hydrogens (primary N) is 3. The Labute approximate surface area is 157 Å². The first-order chi connectivity index (χ1) is 12.5. The molecule has 1 saturated heterocycles. The SMILES string of the molecule is COc1ccn2c(C(C)(C)NC(=O)C3[C@]4(N)CN(N)C[C@]34N)nc(C)c2c1. The van der Waals surface area contributed by atoms with Crippen molar-refractivity contribution < 1.29 is 9.53 Å². The third-order valence-electron chi connectivity index (χ3n) is 6.03. The summed E-state index contributed by atoms with van der Waals surface area (Å²) in [4.78, 5) is 17.7. The number of methoxy groups -OCH3 is 1. The highest BCUT2D eigenvalue weighted by Gasteiger charge is 2.79. The van der Waals surface area contributed by atoms with Crippen LogP contribution in [0.2, 0.25) is 0 Å². The summed E-state index contributed by atoms with van der Waals surface area (Å²) in [6.07, 6.45) is 1.89. The fourth-order valence-electron chi connectivity index (χ4n) is 4.54. The minimum atomic E-state index is -0.778. The molecule has 2 aromatic rings. The van der Waals surface area contributed by atoms with Crippen molar-refractivity contribution in [2.24, 2.45) is 23.2 Å². The molecule has 1 unspecified atom stereocenters. The fraction of sp³-hybridized carbons (Fsp3) is 0.556. The van der Waals surface area contributed by atoms with E-state index < -0.39 is 22.5 Å². The van der Waals surface area contributed by atoms with Crippen molar-refractivity contribution >= 4 is 11.4 Å². The van der Waals surface area contributed by atoms with Crippen molar-refractivity contribution in [2.75, 3.05) is 20.2 Å². The molecule has 0 radical (unpaired) electrons. The molecule has 1 amide bonds. The highest BCUT2D eigenvalue weighted by molar-refractivity contribution is 5.88. The lowest BCUT2D eigenvalue weighted by molar-refractivity contribution is -0.125. The fourth-order valence-corrected chi connectivity index (χ4v) is 4.54. The Morgan fingerprint density at radius 1 is 1.37 bits per heavy atom. The summed E-state index contributed by atoms with van der Waals surface area (Å²) in [5, 5.41) is 4.67. The van der Waals surface area contributed by atoms with Gasteiger partial charge in [-0.3, -0.25) is 10.6 Å². The highest BCUT2D eigenvalue weighted by Crippen LogP contribution is 2.55. The van der Waals surface area contributed by atoms with Crippen LogP contribution in [0.1, 0.15) is 25.4 Å². The number of hydrazine groups is 1. The zero-order chi connectivity index (χ0) is 19.8. The van der Waals surface area contributed by atoms with Crippen LogP contribution in [-0.2, 0) is 10.3 Å². The predicted molar refractivity (Wildman–Crippen MR) is 101 cm³/mol. The average molecular weight is 373 g/mol. The Kier molecular flexibility index (Phi) is 3.65. The minimum absolute atomic E-state index is 0.166. The van der Waals surface area contributed by atoms with Gasteiger partial charge in [0, 0.05) is 25.4 Å². The first kappa shape index (κ1) is 18.2. The smallest absolute Gasteiger partial charge is 0.227 e. The monoisotopic (exact) mass is 373 g/mol. The highest BCUT2D eigenvalue weighted by atomic mass is 16.5. The number of carbonyl (C=O) groups is 1. The van der Waals surface area contributed by atoms with Gasteiger partial charge in [0.2, 0.25) is 5.91 Å². The second-order valence-electron chi connectivity index (χ2n) is 8.38. The molecule has 2 aliphatic rings. The maximum Gasteiger partial charge on any atom is 0.227 e. The van der Waals surface area contributed by atoms with Crippen molar-refractivity contribution in [1.29, 1.82) is 0 Å². The van der Waals surface area contributed by atoms with Crippen LogP contribution < -0.4 is 27.4 Å². The molecule has 3 atom stereocenters. The van der Waals surface area contributed by atoms with Gasteiger partial charge in [0.1, 0.15) is 11.6 Å². The van der Waals surface area contributed by atoms with E-state index in [1.165, 1.54) is 0 Å². The zero-order valence-corrected chi connectivity index (χ0v) is 16.1. The van der Waals surface area contributed by atoms with E-state index in [1.807, 2.05) is 43.5 Å². The van der Waals surface area contributed by atoms with Crippen molar-refractivity contribution in [3.05, 3.63) is 29.8 Å². The lowest BCUT2D eigenvalue weighted by atomic mass is 10.0. The molecule has 4 rings (SSSR count). The number of hydrogen-bond donors (Lipinski definition) is 4. The first-order valence-electron chi connectivity index (χ1n) is 8.96. The van der Waals surface area contributed by atoms with Gasteiger partial charge in [0.25, 0.3) is 0 Å². The second-order valence-corrected chi connectivity index (χ2v) is 8.38. The number of ether oxygens (including phenoxy) is 1. The number of fused-ring (bicyclic) bond motifs is 2. The number of nitrogens with one attached hydrogen (secondary N) is 1. The summed E-state index contributed by atoms with van der Waals surface area (Å²) in [5.74, 6) is 6.67. The quantitative estimate of drug-likeness (QED) is 0.516. The number of hydrogen-bond acceptors (Lipinski definition) is 7. The number of carbonyl (C=O) groups excluding carboxylic acids is 1. The lowest BCUT2D eigenvalue weighted by Crippen LogP contribution is -2.49. The molecule has 1 saturated carbocycles. The summed E-state index contributed by atoms with van der Waals surface area (Å²) in [5.41, 5.74) is 12.2. The van der Waals surface area contributed by atoms with Crippen LogP contribution in [0.3, 0.4) is 0 Å². The largest absolute Gasteiger partial charge is 0.497 e. The van der Waals surface area contributed by atoms with Gasteiger partial charge in [0.15, 0.2) is 0 Å². The number of aromatic nitrogens is 2. The van der Waals surface area contributed by atoms with E-state index in [2.05, 4.69) is 5.32 Å². The Morgan fingerprint density at radius 2 is 2.00 bits per heavy atom. The van der Waals surface area contributed by atoms with E-state index in [0.29, 0.717) is 13.1 Å². The van der Waals surface area contributed by atoms with Gasteiger partial charge in [-0.15, -0.1) is 0 Å².